The quantitative estimate of drug-likeness (QED) is 0.764. The molecule has 0 unspecified atom stereocenters. The molecule has 1 aliphatic rings. The number of anilines is 1. The van der Waals surface area contributed by atoms with Crippen LogP contribution in [0.5, 0.6) is 0 Å². The Hall–Kier alpha value is -1.49. The molecule has 0 aliphatic carbocycles. The lowest BCUT2D eigenvalue weighted by Gasteiger charge is -2.52. The molecule has 0 aromatic heterocycles. The molecule has 1 saturated heterocycles. The van der Waals surface area contributed by atoms with Crippen molar-refractivity contribution in [2.75, 3.05) is 18.0 Å². The molecule has 102 valence electrons. The van der Waals surface area contributed by atoms with Crippen LogP contribution in [0.1, 0.15) is 45.1 Å². The van der Waals surface area contributed by atoms with E-state index in [2.05, 4.69) is 49.1 Å². The molecule has 2 heteroatoms. The molecule has 0 saturated carbocycles. The zero-order chi connectivity index (χ0) is 13.7. The molecule has 2 rings (SSSR count). The molecule has 1 aromatic rings. The van der Waals surface area contributed by atoms with Gasteiger partial charge in [-0.2, -0.15) is 5.26 Å². The van der Waals surface area contributed by atoms with Gasteiger partial charge in [0, 0.05) is 24.2 Å². The van der Waals surface area contributed by atoms with Crippen molar-refractivity contribution < 1.29 is 0 Å². The Kier molecular flexibility index (Phi) is 4.47. The molecular formula is C17H24N2. The largest absolute Gasteiger partial charge is 0.370 e. The summed E-state index contributed by atoms with van der Waals surface area (Å²) in [6, 6.07) is 10.7. The topological polar surface area (TPSA) is 27.0 Å². The molecular weight excluding hydrogens is 232 g/mol. The molecule has 0 radical (unpaired) electrons. The highest BCUT2D eigenvalue weighted by atomic mass is 15.2. The maximum Gasteiger partial charge on any atom is 0.0669 e. The number of nitrogens with zero attached hydrogens (tertiary/aromatic N) is 2. The summed E-state index contributed by atoms with van der Waals surface area (Å²) < 4.78 is 0. The Morgan fingerprint density at radius 1 is 1.11 bits per heavy atom. The molecule has 1 heterocycles. The van der Waals surface area contributed by atoms with E-state index in [0.717, 1.165) is 5.56 Å². The summed E-state index contributed by atoms with van der Waals surface area (Å²) in [5.74, 6) is 0. The maximum atomic E-state index is 8.68. The maximum absolute atomic E-state index is 8.68. The van der Waals surface area contributed by atoms with Crippen LogP contribution in [-0.4, -0.2) is 13.1 Å². The van der Waals surface area contributed by atoms with E-state index >= 15 is 0 Å². The van der Waals surface area contributed by atoms with E-state index in [9.17, 15) is 0 Å². The lowest BCUT2D eigenvalue weighted by Crippen LogP contribution is -2.56. The van der Waals surface area contributed by atoms with Crippen LogP contribution in [0.15, 0.2) is 24.3 Å². The monoisotopic (exact) mass is 256 g/mol. The van der Waals surface area contributed by atoms with Crippen molar-refractivity contribution in [2.45, 2.75) is 46.0 Å². The van der Waals surface area contributed by atoms with Gasteiger partial charge in [0.2, 0.25) is 0 Å². The highest BCUT2D eigenvalue weighted by molar-refractivity contribution is 5.51. The predicted octanol–water partition coefficient (Wildman–Crippen LogP) is 4.16. The molecule has 1 aromatic carbocycles. The highest BCUT2D eigenvalue weighted by Crippen LogP contribution is 2.41. The van der Waals surface area contributed by atoms with Crippen LogP contribution in [0.3, 0.4) is 0 Å². The predicted molar refractivity (Wildman–Crippen MR) is 80.2 cm³/mol. The fraction of sp³-hybridized carbons (Fsp3) is 0.588. The summed E-state index contributed by atoms with van der Waals surface area (Å²) in [5, 5.41) is 8.68. The molecule has 19 heavy (non-hydrogen) atoms. The number of hydrogen-bond donors (Lipinski definition) is 0. The van der Waals surface area contributed by atoms with Crippen LogP contribution in [0.4, 0.5) is 5.69 Å². The zero-order valence-electron chi connectivity index (χ0n) is 12.2. The van der Waals surface area contributed by atoms with Gasteiger partial charge < -0.3 is 4.90 Å². The molecule has 2 nitrogen and oxygen atoms in total. The fourth-order valence-electron chi connectivity index (χ4n) is 3.36. The Labute approximate surface area is 117 Å². The van der Waals surface area contributed by atoms with Crippen molar-refractivity contribution in [2.24, 2.45) is 5.41 Å². The second kappa shape index (κ2) is 6.10. The second-order valence-electron chi connectivity index (χ2n) is 5.86. The molecule has 0 bridgehead atoms. The van der Waals surface area contributed by atoms with Gasteiger partial charge in [-0.05, 0) is 30.5 Å². The Morgan fingerprint density at radius 3 is 2.16 bits per heavy atom. The van der Waals surface area contributed by atoms with Gasteiger partial charge in [-0.3, -0.25) is 0 Å². The van der Waals surface area contributed by atoms with Gasteiger partial charge in [0.1, 0.15) is 0 Å². The molecule has 1 aliphatic heterocycles. The van der Waals surface area contributed by atoms with Crippen molar-refractivity contribution in [1.29, 1.82) is 5.26 Å². The van der Waals surface area contributed by atoms with E-state index in [1.807, 2.05) is 0 Å². The van der Waals surface area contributed by atoms with Gasteiger partial charge in [-0.1, -0.05) is 38.8 Å². The third-order valence-electron chi connectivity index (χ3n) is 4.20. The standard InChI is InChI=1S/C17H24N2/c1-3-10-17(11-4-2)13-19(14-17)16-7-5-15(6-8-16)9-12-18/h5-8H,3-4,9-11,13-14H2,1-2H3. The van der Waals surface area contributed by atoms with E-state index in [4.69, 9.17) is 5.26 Å². The first-order valence-electron chi connectivity index (χ1n) is 7.44. The highest BCUT2D eigenvalue weighted by Gasteiger charge is 2.41. The van der Waals surface area contributed by atoms with E-state index in [1.54, 1.807) is 0 Å². The van der Waals surface area contributed by atoms with Crippen LogP contribution in [0, 0.1) is 16.7 Å². The van der Waals surface area contributed by atoms with Crippen LogP contribution in [0.2, 0.25) is 0 Å². The first kappa shape index (κ1) is 13.9. The number of benzene rings is 1. The van der Waals surface area contributed by atoms with Gasteiger partial charge in [-0.15, -0.1) is 0 Å². The van der Waals surface area contributed by atoms with Crippen molar-refractivity contribution in [3.8, 4) is 6.07 Å². The van der Waals surface area contributed by atoms with Crippen molar-refractivity contribution in [3.63, 3.8) is 0 Å². The third-order valence-corrected chi connectivity index (χ3v) is 4.20. The van der Waals surface area contributed by atoms with Crippen molar-refractivity contribution in [1.82, 2.24) is 0 Å². The average molecular weight is 256 g/mol. The molecule has 1 fully saturated rings. The molecule has 0 spiro atoms. The van der Waals surface area contributed by atoms with E-state index in [-0.39, 0.29) is 0 Å². The van der Waals surface area contributed by atoms with Crippen LogP contribution in [-0.2, 0) is 6.42 Å². The first-order chi connectivity index (χ1) is 9.23. The van der Waals surface area contributed by atoms with E-state index < -0.39 is 0 Å². The summed E-state index contributed by atoms with van der Waals surface area (Å²) >= 11 is 0. The van der Waals surface area contributed by atoms with Crippen LogP contribution >= 0.6 is 0 Å². The second-order valence-corrected chi connectivity index (χ2v) is 5.86. The van der Waals surface area contributed by atoms with E-state index in [1.165, 1.54) is 44.5 Å². The van der Waals surface area contributed by atoms with Gasteiger partial charge in [0.05, 0.1) is 12.5 Å². The summed E-state index contributed by atoms with van der Waals surface area (Å²) in [6.07, 6.45) is 5.79. The minimum atomic E-state index is 0.510. The minimum Gasteiger partial charge on any atom is -0.370 e. The van der Waals surface area contributed by atoms with E-state index in [0.29, 0.717) is 11.8 Å². The number of nitriles is 1. The first-order valence-corrected chi connectivity index (χ1v) is 7.44. The van der Waals surface area contributed by atoms with Gasteiger partial charge in [0.15, 0.2) is 0 Å². The zero-order valence-corrected chi connectivity index (χ0v) is 12.2. The summed E-state index contributed by atoms with van der Waals surface area (Å²) in [5.41, 5.74) is 2.99. The Bertz CT molecular complexity index is 427. The summed E-state index contributed by atoms with van der Waals surface area (Å²) in [6.45, 7) is 6.98. The summed E-state index contributed by atoms with van der Waals surface area (Å²) in [7, 11) is 0. The van der Waals surface area contributed by atoms with Crippen LogP contribution < -0.4 is 4.90 Å². The van der Waals surface area contributed by atoms with Gasteiger partial charge >= 0.3 is 0 Å². The van der Waals surface area contributed by atoms with Gasteiger partial charge in [0.25, 0.3) is 0 Å². The van der Waals surface area contributed by atoms with Crippen molar-refractivity contribution in [3.05, 3.63) is 29.8 Å². The minimum absolute atomic E-state index is 0.510. The lowest BCUT2D eigenvalue weighted by molar-refractivity contribution is 0.173. The van der Waals surface area contributed by atoms with Crippen LogP contribution in [0.25, 0.3) is 0 Å². The fourth-order valence-corrected chi connectivity index (χ4v) is 3.36. The lowest BCUT2D eigenvalue weighted by atomic mass is 9.72. The Morgan fingerprint density at radius 2 is 1.68 bits per heavy atom. The SMILES string of the molecule is CCCC1(CCC)CN(c2ccc(CC#N)cc2)C1. The third kappa shape index (κ3) is 3.10. The summed E-state index contributed by atoms with van der Waals surface area (Å²) in [4.78, 5) is 2.47. The van der Waals surface area contributed by atoms with Crippen molar-refractivity contribution >= 4 is 5.69 Å². The molecule has 0 atom stereocenters. The number of hydrogen-bond acceptors (Lipinski definition) is 2. The van der Waals surface area contributed by atoms with Gasteiger partial charge in [-0.25, -0.2) is 0 Å². The smallest absolute Gasteiger partial charge is 0.0669 e. The Balaban J connectivity index is 1.97. The normalized spacial score (nSPS) is 16.8. The number of rotatable bonds is 6. The molecule has 0 amide bonds. The average Bonchev–Trinajstić information content (AvgIpc) is 2.37. The molecule has 0 N–H and O–H groups in total.